The van der Waals surface area contributed by atoms with Gasteiger partial charge in [-0.1, -0.05) is 133 Å². The highest BCUT2D eigenvalue weighted by molar-refractivity contribution is 6.12. The topological polar surface area (TPSA) is 74.2 Å². The van der Waals surface area contributed by atoms with Crippen molar-refractivity contribution in [3.63, 3.8) is 0 Å². The SMILES string of the molecule is [C-]#[N+]c1ccc2c(c1)c1ccccc1n2-c1c(-c2ccccc2)cc(-c2nc(-c3ccc4c(c3)oc3ccccc34)nc(-c3ccc4c(c3)oc3ccccc34)n2)cc1-c1ccccc1. The van der Waals surface area contributed by atoms with Gasteiger partial charge in [-0.15, -0.1) is 0 Å². The average molecular weight is 832 g/mol. The van der Waals surface area contributed by atoms with Crippen LogP contribution in [-0.2, 0) is 0 Å². The van der Waals surface area contributed by atoms with Crippen LogP contribution in [0.3, 0.4) is 0 Å². The summed E-state index contributed by atoms with van der Waals surface area (Å²) in [5, 5.41) is 6.26. The first-order valence-corrected chi connectivity index (χ1v) is 21.4. The van der Waals surface area contributed by atoms with E-state index < -0.39 is 0 Å². The molecule has 4 aromatic heterocycles. The maximum absolute atomic E-state index is 7.85. The second-order valence-electron chi connectivity index (χ2n) is 16.2. The van der Waals surface area contributed by atoms with Gasteiger partial charge in [-0.25, -0.2) is 19.8 Å². The normalized spacial score (nSPS) is 11.7. The Morgan fingerprint density at radius 2 is 0.815 bits per heavy atom. The molecule has 65 heavy (non-hydrogen) atoms. The molecule has 0 bridgehead atoms. The molecule has 0 saturated heterocycles. The number of nitrogens with zero attached hydrogens (tertiary/aromatic N) is 5. The van der Waals surface area contributed by atoms with E-state index in [1.807, 2.05) is 72.8 Å². The molecule has 7 nitrogen and oxygen atoms in total. The summed E-state index contributed by atoms with van der Waals surface area (Å²) < 4.78 is 15.1. The van der Waals surface area contributed by atoms with Gasteiger partial charge in [0.25, 0.3) is 0 Å². The molecule has 13 aromatic rings. The third-order valence-electron chi connectivity index (χ3n) is 12.5. The van der Waals surface area contributed by atoms with Crippen molar-refractivity contribution >= 4 is 71.4 Å². The molecule has 0 aliphatic carbocycles. The van der Waals surface area contributed by atoms with Crippen molar-refractivity contribution in [1.82, 2.24) is 19.5 Å². The second-order valence-corrected chi connectivity index (χ2v) is 16.2. The molecule has 0 spiro atoms. The van der Waals surface area contributed by atoms with Gasteiger partial charge in [-0.05, 0) is 83.2 Å². The van der Waals surface area contributed by atoms with Crippen LogP contribution in [0.5, 0.6) is 0 Å². The molecule has 0 amide bonds. The van der Waals surface area contributed by atoms with E-state index >= 15 is 0 Å². The van der Waals surface area contributed by atoms with Crippen LogP contribution in [0.1, 0.15) is 0 Å². The van der Waals surface area contributed by atoms with Crippen LogP contribution >= 0.6 is 0 Å². The van der Waals surface area contributed by atoms with Crippen LogP contribution < -0.4 is 0 Å². The molecule has 302 valence electrons. The summed E-state index contributed by atoms with van der Waals surface area (Å²) in [7, 11) is 0. The minimum atomic E-state index is 0.515. The minimum absolute atomic E-state index is 0.515. The molecule has 0 aliphatic rings. The summed E-state index contributed by atoms with van der Waals surface area (Å²) in [6, 6.07) is 68.3. The van der Waals surface area contributed by atoms with E-state index in [0.717, 1.165) is 110 Å². The maximum atomic E-state index is 7.85. The zero-order valence-electron chi connectivity index (χ0n) is 34.6. The van der Waals surface area contributed by atoms with E-state index in [9.17, 15) is 0 Å². The zero-order chi connectivity index (χ0) is 43.0. The first kappa shape index (κ1) is 36.5. The average Bonchev–Trinajstić information content (AvgIpc) is 4.05. The van der Waals surface area contributed by atoms with Gasteiger partial charge < -0.3 is 13.4 Å². The van der Waals surface area contributed by atoms with Gasteiger partial charge in [0.15, 0.2) is 23.2 Å². The molecule has 9 aromatic carbocycles. The number of para-hydroxylation sites is 3. The van der Waals surface area contributed by atoms with Crippen molar-refractivity contribution in [1.29, 1.82) is 0 Å². The Balaban J connectivity index is 1.10. The number of aromatic nitrogens is 4. The van der Waals surface area contributed by atoms with Gasteiger partial charge >= 0.3 is 0 Å². The van der Waals surface area contributed by atoms with Gasteiger partial charge in [-0.2, -0.15) is 0 Å². The first-order chi connectivity index (χ1) is 32.1. The standard InChI is InChI=1S/C58H33N5O2/c1-59-40-26-29-50-48(34-40)41-18-8-11-21-49(41)63(50)55-46(35-14-4-2-5-15-35)30-39(31-47(55)36-16-6-3-7-17-36)58-61-56(37-24-27-44-42-19-9-12-22-51(42)64-53(44)32-37)60-57(62-58)38-25-28-45-43-20-10-13-23-52(43)65-54(45)33-38/h2-34H. The van der Waals surface area contributed by atoms with Crippen molar-refractivity contribution in [2.24, 2.45) is 0 Å². The number of hydrogen-bond acceptors (Lipinski definition) is 5. The fourth-order valence-corrected chi connectivity index (χ4v) is 9.44. The highest BCUT2D eigenvalue weighted by atomic mass is 16.3. The molecular weight excluding hydrogens is 799 g/mol. The highest BCUT2D eigenvalue weighted by Crippen LogP contribution is 2.45. The number of benzene rings is 9. The molecule has 0 atom stereocenters. The van der Waals surface area contributed by atoms with Crippen LogP contribution in [0.4, 0.5) is 5.69 Å². The highest BCUT2D eigenvalue weighted by Gasteiger charge is 2.24. The first-order valence-electron chi connectivity index (χ1n) is 21.4. The van der Waals surface area contributed by atoms with E-state index in [1.54, 1.807) is 0 Å². The lowest BCUT2D eigenvalue weighted by Crippen LogP contribution is -2.04. The fraction of sp³-hybridized carbons (Fsp3) is 0. The third-order valence-corrected chi connectivity index (χ3v) is 12.5. The summed E-state index contributed by atoms with van der Waals surface area (Å²) in [4.78, 5) is 19.6. The van der Waals surface area contributed by atoms with Crippen molar-refractivity contribution in [2.45, 2.75) is 0 Å². The Morgan fingerprint density at radius 1 is 0.354 bits per heavy atom. The quantitative estimate of drug-likeness (QED) is 0.156. The Hall–Kier alpha value is -9.12. The number of furan rings is 2. The lowest BCUT2D eigenvalue weighted by Gasteiger charge is -2.21. The van der Waals surface area contributed by atoms with Crippen LogP contribution in [0.25, 0.3) is 133 Å². The van der Waals surface area contributed by atoms with E-state index in [2.05, 4.69) is 137 Å². The maximum Gasteiger partial charge on any atom is 0.188 e. The summed E-state index contributed by atoms with van der Waals surface area (Å²) in [5.41, 5.74) is 13.3. The molecule has 0 fully saturated rings. The van der Waals surface area contributed by atoms with E-state index in [-0.39, 0.29) is 0 Å². The molecule has 0 saturated carbocycles. The molecule has 4 heterocycles. The van der Waals surface area contributed by atoms with Gasteiger partial charge in [0, 0.05) is 54.7 Å². The molecular formula is C58H33N5O2. The molecule has 0 unspecified atom stereocenters. The Morgan fingerprint density at radius 3 is 1.37 bits per heavy atom. The zero-order valence-corrected chi connectivity index (χ0v) is 34.6. The number of fused-ring (bicyclic) bond motifs is 9. The predicted octanol–water partition coefficient (Wildman–Crippen LogP) is 15.7. The van der Waals surface area contributed by atoms with Gasteiger partial charge in [0.1, 0.15) is 22.3 Å². The number of hydrogen-bond donors (Lipinski definition) is 0. The molecule has 0 N–H and O–H groups in total. The lowest BCUT2D eigenvalue weighted by molar-refractivity contribution is 0.668. The van der Waals surface area contributed by atoms with Crippen LogP contribution in [0.15, 0.2) is 209 Å². The van der Waals surface area contributed by atoms with Crippen LogP contribution in [-0.4, -0.2) is 19.5 Å². The summed E-state index contributed by atoms with van der Waals surface area (Å²) in [6.45, 7) is 7.85. The van der Waals surface area contributed by atoms with Crippen molar-refractivity contribution in [2.75, 3.05) is 0 Å². The molecule has 13 rings (SSSR count). The molecule has 0 radical (unpaired) electrons. The fourth-order valence-electron chi connectivity index (χ4n) is 9.44. The summed E-state index contributed by atoms with van der Waals surface area (Å²) >= 11 is 0. The van der Waals surface area contributed by atoms with E-state index in [1.165, 1.54) is 0 Å². The Labute approximate surface area is 371 Å². The predicted molar refractivity (Wildman–Crippen MR) is 262 cm³/mol. The van der Waals surface area contributed by atoms with Crippen LogP contribution in [0.2, 0.25) is 0 Å². The Kier molecular flexibility index (Phi) is 8.14. The van der Waals surface area contributed by atoms with Crippen molar-refractivity contribution < 1.29 is 8.83 Å². The second kappa shape index (κ2) is 14.5. The van der Waals surface area contributed by atoms with Gasteiger partial charge in [0.05, 0.1) is 23.3 Å². The smallest absolute Gasteiger partial charge is 0.188 e. The molecule has 0 aliphatic heterocycles. The van der Waals surface area contributed by atoms with E-state index in [0.29, 0.717) is 23.2 Å². The lowest BCUT2D eigenvalue weighted by atomic mass is 9.92. The van der Waals surface area contributed by atoms with Gasteiger partial charge in [0.2, 0.25) is 0 Å². The number of rotatable bonds is 6. The monoisotopic (exact) mass is 831 g/mol. The largest absolute Gasteiger partial charge is 0.456 e. The van der Waals surface area contributed by atoms with Crippen molar-refractivity contribution in [3.05, 3.63) is 212 Å². The van der Waals surface area contributed by atoms with Crippen molar-refractivity contribution in [3.8, 4) is 62.1 Å². The summed E-state index contributed by atoms with van der Waals surface area (Å²) in [5.74, 6) is 1.55. The molecule has 7 heteroatoms. The Bertz CT molecular complexity index is 3890. The van der Waals surface area contributed by atoms with Crippen LogP contribution in [0, 0.1) is 6.57 Å². The van der Waals surface area contributed by atoms with Gasteiger partial charge in [-0.3, -0.25) is 0 Å². The minimum Gasteiger partial charge on any atom is -0.456 e. The summed E-state index contributed by atoms with van der Waals surface area (Å²) in [6.07, 6.45) is 0. The third kappa shape index (κ3) is 5.93. The van der Waals surface area contributed by atoms with E-state index in [4.69, 9.17) is 30.4 Å².